The Hall–Kier alpha value is -1.42. The number of benzene rings is 1. The summed E-state index contributed by atoms with van der Waals surface area (Å²) in [4.78, 5) is 14.1. The number of carbonyl (C=O) groups excluding carboxylic acids is 1. The third-order valence-electron chi connectivity index (χ3n) is 3.78. The van der Waals surface area contributed by atoms with E-state index in [1.165, 1.54) is 12.1 Å². The molecule has 0 spiro atoms. The van der Waals surface area contributed by atoms with Crippen molar-refractivity contribution in [1.82, 2.24) is 10.2 Å². The molecule has 2 rings (SSSR count). The molecule has 0 atom stereocenters. The van der Waals surface area contributed by atoms with E-state index >= 15 is 0 Å². The Morgan fingerprint density at radius 1 is 1.40 bits per heavy atom. The number of hydrogen-bond acceptors (Lipinski definition) is 2. The van der Waals surface area contributed by atoms with Crippen molar-refractivity contribution in [1.29, 1.82) is 0 Å². The second-order valence-corrected chi connectivity index (χ2v) is 5.42. The fraction of sp³-hybridized carbons (Fsp3) is 0.562. The van der Waals surface area contributed by atoms with Gasteiger partial charge in [0.25, 0.3) is 0 Å². The Morgan fingerprint density at radius 3 is 2.80 bits per heavy atom. The molecule has 4 heteroatoms. The number of hydrogen-bond donors (Lipinski definition) is 1. The molecular formula is C16H23FN2O. The number of piperidine rings is 1. The highest BCUT2D eigenvalue weighted by Gasteiger charge is 2.22. The molecule has 1 saturated heterocycles. The molecule has 0 unspecified atom stereocenters. The van der Waals surface area contributed by atoms with Gasteiger partial charge in [-0.3, -0.25) is 4.79 Å². The summed E-state index contributed by atoms with van der Waals surface area (Å²) >= 11 is 0. The van der Waals surface area contributed by atoms with Gasteiger partial charge in [0.2, 0.25) is 5.91 Å². The Kier molecular flexibility index (Phi) is 5.53. The maximum Gasteiger partial charge on any atom is 0.226 e. The molecule has 110 valence electrons. The van der Waals surface area contributed by atoms with Gasteiger partial charge in [0, 0.05) is 19.1 Å². The van der Waals surface area contributed by atoms with E-state index in [0.717, 1.165) is 44.5 Å². The Morgan fingerprint density at radius 2 is 2.15 bits per heavy atom. The predicted molar refractivity (Wildman–Crippen MR) is 78.0 cm³/mol. The first-order chi connectivity index (χ1) is 9.69. The molecule has 1 N–H and O–H groups in total. The smallest absolute Gasteiger partial charge is 0.226 e. The molecule has 1 amide bonds. The van der Waals surface area contributed by atoms with Gasteiger partial charge in [-0.2, -0.15) is 0 Å². The standard InChI is InChI=1S/C16H23FN2O/c1-2-8-18-15-6-9-19(10-7-15)16(20)12-13-4-3-5-14(17)11-13/h3-5,11,15,18H,2,6-10,12H2,1H3. The Bertz CT molecular complexity index is 442. The van der Waals surface area contributed by atoms with Crippen molar-refractivity contribution in [3.05, 3.63) is 35.6 Å². The van der Waals surface area contributed by atoms with Gasteiger partial charge in [-0.05, 0) is 43.5 Å². The van der Waals surface area contributed by atoms with Crippen molar-refractivity contribution in [2.45, 2.75) is 38.6 Å². The van der Waals surface area contributed by atoms with E-state index in [1.54, 1.807) is 12.1 Å². The number of nitrogens with one attached hydrogen (secondary N) is 1. The minimum absolute atomic E-state index is 0.101. The van der Waals surface area contributed by atoms with E-state index < -0.39 is 0 Å². The number of amides is 1. The van der Waals surface area contributed by atoms with Crippen LogP contribution in [0.25, 0.3) is 0 Å². The first-order valence-electron chi connectivity index (χ1n) is 7.44. The van der Waals surface area contributed by atoms with E-state index in [9.17, 15) is 9.18 Å². The minimum atomic E-state index is -0.280. The van der Waals surface area contributed by atoms with Gasteiger partial charge in [0.1, 0.15) is 5.82 Å². The van der Waals surface area contributed by atoms with Gasteiger partial charge in [-0.15, -0.1) is 0 Å². The zero-order chi connectivity index (χ0) is 14.4. The summed E-state index contributed by atoms with van der Waals surface area (Å²) in [6.45, 7) is 4.80. The van der Waals surface area contributed by atoms with Gasteiger partial charge in [0.15, 0.2) is 0 Å². The first-order valence-corrected chi connectivity index (χ1v) is 7.44. The first kappa shape index (κ1) is 15.0. The SMILES string of the molecule is CCCNC1CCN(C(=O)Cc2cccc(F)c2)CC1. The third kappa shape index (κ3) is 4.30. The number of nitrogens with zero attached hydrogens (tertiary/aromatic N) is 1. The minimum Gasteiger partial charge on any atom is -0.342 e. The molecule has 0 aliphatic carbocycles. The van der Waals surface area contributed by atoms with Crippen LogP contribution in [-0.4, -0.2) is 36.5 Å². The van der Waals surface area contributed by atoms with Crippen molar-refractivity contribution in [3.63, 3.8) is 0 Å². The van der Waals surface area contributed by atoms with E-state index in [2.05, 4.69) is 12.2 Å². The molecule has 1 fully saturated rings. The average Bonchev–Trinajstić information content (AvgIpc) is 2.45. The number of rotatable bonds is 5. The highest BCUT2D eigenvalue weighted by molar-refractivity contribution is 5.78. The molecule has 1 aliphatic rings. The highest BCUT2D eigenvalue weighted by atomic mass is 19.1. The van der Waals surface area contributed by atoms with Crippen molar-refractivity contribution < 1.29 is 9.18 Å². The second kappa shape index (κ2) is 7.39. The summed E-state index contributed by atoms with van der Waals surface area (Å²) in [5.74, 6) is -0.178. The molecule has 3 nitrogen and oxygen atoms in total. The summed E-state index contributed by atoms with van der Waals surface area (Å²) in [6, 6.07) is 6.83. The van der Waals surface area contributed by atoms with E-state index in [1.807, 2.05) is 4.90 Å². The molecule has 0 aromatic heterocycles. The van der Waals surface area contributed by atoms with Crippen LogP contribution in [0.5, 0.6) is 0 Å². The van der Waals surface area contributed by atoms with Crippen LogP contribution in [0.15, 0.2) is 24.3 Å². The van der Waals surface area contributed by atoms with Crippen LogP contribution < -0.4 is 5.32 Å². The maximum absolute atomic E-state index is 13.1. The van der Waals surface area contributed by atoms with Gasteiger partial charge < -0.3 is 10.2 Å². The van der Waals surface area contributed by atoms with Crippen molar-refractivity contribution >= 4 is 5.91 Å². The summed E-state index contributed by atoms with van der Waals surface area (Å²) in [6.07, 6.45) is 3.45. The van der Waals surface area contributed by atoms with Crippen LogP contribution in [0, 0.1) is 5.82 Å². The third-order valence-corrected chi connectivity index (χ3v) is 3.78. The molecular weight excluding hydrogens is 255 g/mol. The predicted octanol–water partition coefficient (Wildman–Crippen LogP) is 2.36. The molecule has 0 bridgehead atoms. The lowest BCUT2D eigenvalue weighted by molar-refractivity contribution is -0.131. The van der Waals surface area contributed by atoms with Gasteiger partial charge >= 0.3 is 0 Å². The van der Waals surface area contributed by atoms with Crippen LogP contribution in [0.2, 0.25) is 0 Å². The maximum atomic E-state index is 13.1. The van der Waals surface area contributed by atoms with Gasteiger partial charge in [-0.1, -0.05) is 19.1 Å². The Labute approximate surface area is 120 Å². The number of halogens is 1. The fourth-order valence-electron chi connectivity index (χ4n) is 2.61. The monoisotopic (exact) mass is 278 g/mol. The van der Waals surface area contributed by atoms with Crippen LogP contribution >= 0.6 is 0 Å². The molecule has 1 heterocycles. The summed E-state index contributed by atoms with van der Waals surface area (Å²) < 4.78 is 13.1. The van der Waals surface area contributed by atoms with Crippen molar-refractivity contribution in [3.8, 4) is 0 Å². The van der Waals surface area contributed by atoms with E-state index in [4.69, 9.17) is 0 Å². The zero-order valence-electron chi connectivity index (χ0n) is 12.1. The summed E-state index contributed by atoms with van der Waals surface area (Å²) in [5.41, 5.74) is 0.751. The largest absolute Gasteiger partial charge is 0.342 e. The summed E-state index contributed by atoms with van der Waals surface area (Å²) in [7, 11) is 0. The van der Waals surface area contributed by atoms with Crippen LogP contribution in [0.3, 0.4) is 0 Å². The zero-order valence-corrected chi connectivity index (χ0v) is 12.1. The molecule has 20 heavy (non-hydrogen) atoms. The van der Waals surface area contributed by atoms with E-state index in [-0.39, 0.29) is 11.7 Å². The van der Waals surface area contributed by atoms with Crippen LogP contribution in [0.4, 0.5) is 4.39 Å². The normalized spacial score (nSPS) is 16.4. The van der Waals surface area contributed by atoms with Crippen LogP contribution in [-0.2, 0) is 11.2 Å². The molecule has 0 saturated carbocycles. The number of carbonyl (C=O) groups is 1. The van der Waals surface area contributed by atoms with Gasteiger partial charge in [-0.25, -0.2) is 4.39 Å². The molecule has 1 aromatic rings. The Balaban J connectivity index is 1.80. The highest BCUT2D eigenvalue weighted by Crippen LogP contribution is 2.13. The average molecular weight is 278 g/mol. The topological polar surface area (TPSA) is 32.3 Å². The van der Waals surface area contributed by atoms with Crippen molar-refractivity contribution in [2.75, 3.05) is 19.6 Å². The molecule has 0 radical (unpaired) electrons. The number of likely N-dealkylation sites (tertiary alicyclic amines) is 1. The lowest BCUT2D eigenvalue weighted by Crippen LogP contribution is -2.45. The molecule has 1 aromatic carbocycles. The van der Waals surface area contributed by atoms with Crippen molar-refractivity contribution in [2.24, 2.45) is 0 Å². The quantitative estimate of drug-likeness (QED) is 0.896. The van der Waals surface area contributed by atoms with E-state index in [0.29, 0.717) is 12.5 Å². The lowest BCUT2D eigenvalue weighted by Gasteiger charge is -2.32. The second-order valence-electron chi connectivity index (χ2n) is 5.42. The van der Waals surface area contributed by atoms with Crippen LogP contribution in [0.1, 0.15) is 31.7 Å². The summed E-state index contributed by atoms with van der Waals surface area (Å²) in [5, 5.41) is 3.50. The molecule has 1 aliphatic heterocycles. The fourth-order valence-corrected chi connectivity index (χ4v) is 2.61. The lowest BCUT2D eigenvalue weighted by atomic mass is 10.0. The van der Waals surface area contributed by atoms with Gasteiger partial charge in [0.05, 0.1) is 6.42 Å².